The lowest BCUT2D eigenvalue weighted by Gasteiger charge is -2.05. The van der Waals surface area contributed by atoms with Crippen LogP contribution in [0.15, 0.2) is 35.5 Å². The molecular weight excluding hydrogens is 390 g/mol. The summed E-state index contributed by atoms with van der Waals surface area (Å²) in [6.07, 6.45) is 5.97. The Balaban J connectivity index is 1.42. The third kappa shape index (κ3) is 3.24. The Labute approximate surface area is 170 Å². The van der Waals surface area contributed by atoms with E-state index in [1.807, 2.05) is 30.3 Å². The molecule has 5 rings (SSSR count). The monoisotopic (exact) mass is 409 g/mol. The topological polar surface area (TPSA) is 95.4 Å². The summed E-state index contributed by atoms with van der Waals surface area (Å²) in [6.45, 7) is 0. The number of hydrogen-bond acceptors (Lipinski definition) is 8. The van der Waals surface area contributed by atoms with Crippen molar-refractivity contribution in [1.29, 1.82) is 0 Å². The summed E-state index contributed by atoms with van der Waals surface area (Å²) in [4.78, 5) is 11.8. The number of thioether (sulfide) groups is 1. The summed E-state index contributed by atoms with van der Waals surface area (Å²) in [5.41, 5.74) is 8.65. The first-order valence-electron chi connectivity index (χ1n) is 9.33. The fourth-order valence-electron chi connectivity index (χ4n) is 3.60. The molecule has 0 saturated heterocycles. The highest BCUT2D eigenvalue weighted by molar-refractivity contribution is 7.98. The summed E-state index contributed by atoms with van der Waals surface area (Å²) in [7, 11) is 0. The summed E-state index contributed by atoms with van der Waals surface area (Å²) in [6, 6.07) is 9.84. The number of hydrogen-bond donors (Lipinski definition) is 1. The molecule has 1 aliphatic rings. The van der Waals surface area contributed by atoms with E-state index >= 15 is 0 Å². The van der Waals surface area contributed by atoms with Gasteiger partial charge in [-0.1, -0.05) is 36.4 Å². The van der Waals surface area contributed by atoms with E-state index in [4.69, 9.17) is 10.7 Å². The number of aromatic nitrogens is 6. The van der Waals surface area contributed by atoms with E-state index in [2.05, 4.69) is 20.5 Å². The Hall–Kier alpha value is -2.52. The molecule has 0 radical (unpaired) electrons. The predicted octanol–water partition coefficient (Wildman–Crippen LogP) is 3.81. The van der Waals surface area contributed by atoms with E-state index in [9.17, 15) is 0 Å². The van der Waals surface area contributed by atoms with Gasteiger partial charge in [-0.3, -0.25) is 0 Å². The van der Waals surface area contributed by atoms with Crippen LogP contribution >= 0.6 is 23.1 Å². The zero-order valence-corrected chi connectivity index (χ0v) is 16.8. The van der Waals surface area contributed by atoms with E-state index in [-0.39, 0.29) is 0 Å². The molecule has 0 unspecified atom stereocenters. The molecule has 3 aromatic heterocycles. The van der Waals surface area contributed by atoms with Gasteiger partial charge < -0.3 is 5.73 Å². The number of thiophene rings is 1. The van der Waals surface area contributed by atoms with E-state index in [0.29, 0.717) is 22.6 Å². The molecule has 2 N–H and O–H groups in total. The predicted molar refractivity (Wildman–Crippen MR) is 112 cm³/mol. The van der Waals surface area contributed by atoms with Crippen molar-refractivity contribution in [3.8, 4) is 5.69 Å². The first kappa shape index (κ1) is 17.6. The number of benzene rings is 1. The van der Waals surface area contributed by atoms with Gasteiger partial charge >= 0.3 is 0 Å². The highest BCUT2D eigenvalue weighted by Crippen LogP contribution is 2.37. The van der Waals surface area contributed by atoms with Crippen LogP contribution in [0.3, 0.4) is 0 Å². The molecule has 4 aromatic rings. The zero-order chi connectivity index (χ0) is 18.9. The molecule has 0 fully saturated rings. The van der Waals surface area contributed by atoms with Gasteiger partial charge in [0.25, 0.3) is 0 Å². The Morgan fingerprint density at radius 3 is 2.82 bits per heavy atom. The first-order chi connectivity index (χ1) is 13.8. The molecule has 1 aliphatic carbocycles. The highest BCUT2D eigenvalue weighted by atomic mass is 32.2. The lowest BCUT2D eigenvalue weighted by molar-refractivity contribution is 0.713. The van der Waals surface area contributed by atoms with Crippen LogP contribution in [0.5, 0.6) is 0 Å². The highest BCUT2D eigenvalue weighted by Gasteiger charge is 2.19. The fraction of sp³-hybridized carbons (Fsp3) is 0.316. The molecule has 0 aliphatic heterocycles. The number of fused-ring (bicyclic) bond motifs is 3. The van der Waals surface area contributed by atoms with Gasteiger partial charge in [0.15, 0.2) is 0 Å². The second-order valence-electron chi connectivity index (χ2n) is 6.77. The smallest absolute Gasteiger partial charge is 0.214 e. The van der Waals surface area contributed by atoms with Crippen molar-refractivity contribution in [3.05, 3.63) is 46.6 Å². The molecule has 9 heteroatoms. The van der Waals surface area contributed by atoms with E-state index in [1.165, 1.54) is 41.5 Å². The van der Waals surface area contributed by atoms with Gasteiger partial charge in [-0.05, 0) is 53.8 Å². The minimum absolute atomic E-state index is 0.565. The third-order valence-corrected chi connectivity index (χ3v) is 7.01. The van der Waals surface area contributed by atoms with Gasteiger partial charge in [-0.2, -0.15) is 4.68 Å². The van der Waals surface area contributed by atoms with E-state index in [0.717, 1.165) is 28.7 Å². The zero-order valence-electron chi connectivity index (χ0n) is 15.2. The van der Waals surface area contributed by atoms with Crippen molar-refractivity contribution < 1.29 is 0 Å². The summed E-state index contributed by atoms with van der Waals surface area (Å²) in [5.74, 6) is 1.88. The van der Waals surface area contributed by atoms with Crippen molar-refractivity contribution >= 4 is 39.1 Å². The number of nitrogens with zero attached hydrogens (tertiary/aromatic N) is 6. The van der Waals surface area contributed by atoms with Gasteiger partial charge in [-0.15, -0.1) is 16.4 Å². The number of nitrogen functional groups attached to an aromatic ring is 1. The Bertz CT molecular complexity index is 1120. The van der Waals surface area contributed by atoms with Crippen LogP contribution < -0.4 is 5.73 Å². The SMILES string of the molecule is Nc1nc(CSc2nnnn2-c2ccccc2)nc2sc3c(c12)CCCCC3. The number of nitrogens with two attached hydrogens (primary N) is 1. The van der Waals surface area contributed by atoms with Crippen molar-refractivity contribution in [2.75, 3.05) is 5.73 Å². The van der Waals surface area contributed by atoms with Crippen molar-refractivity contribution in [3.63, 3.8) is 0 Å². The summed E-state index contributed by atoms with van der Waals surface area (Å²) >= 11 is 3.29. The Kier molecular flexibility index (Phi) is 4.69. The maximum atomic E-state index is 6.35. The van der Waals surface area contributed by atoms with Crippen molar-refractivity contribution in [2.24, 2.45) is 0 Å². The van der Waals surface area contributed by atoms with Crippen LogP contribution in [0.2, 0.25) is 0 Å². The number of aryl methyl sites for hydroxylation is 2. The van der Waals surface area contributed by atoms with E-state index in [1.54, 1.807) is 16.0 Å². The second kappa shape index (κ2) is 7.48. The van der Waals surface area contributed by atoms with Gasteiger partial charge in [0.1, 0.15) is 16.5 Å². The third-order valence-electron chi connectivity index (χ3n) is 4.91. The normalized spacial score (nSPS) is 14.1. The van der Waals surface area contributed by atoms with E-state index < -0.39 is 0 Å². The number of tetrazole rings is 1. The first-order valence-corrected chi connectivity index (χ1v) is 11.1. The quantitative estimate of drug-likeness (QED) is 0.404. The Morgan fingerprint density at radius 2 is 1.93 bits per heavy atom. The molecule has 0 spiro atoms. The molecule has 3 heterocycles. The van der Waals surface area contributed by atoms with Crippen LogP contribution in [0, 0.1) is 0 Å². The molecule has 0 atom stereocenters. The maximum absolute atomic E-state index is 6.35. The molecule has 7 nitrogen and oxygen atoms in total. The summed E-state index contributed by atoms with van der Waals surface area (Å²) in [5, 5.41) is 13.8. The van der Waals surface area contributed by atoms with Crippen molar-refractivity contribution in [2.45, 2.75) is 43.0 Å². The van der Waals surface area contributed by atoms with Crippen LogP contribution in [0.1, 0.15) is 35.5 Å². The van der Waals surface area contributed by atoms with Gasteiger partial charge in [-0.25, -0.2) is 9.97 Å². The lowest BCUT2D eigenvalue weighted by Crippen LogP contribution is -2.02. The molecule has 0 bridgehead atoms. The van der Waals surface area contributed by atoms with Gasteiger partial charge in [0.05, 0.1) is 16.8 Å². The van der Waals surface area contributed by atoms with Crippen LogP contribution in [-0.2, 0) is 18.6 Å². The lowest BCUT2D eigenvalue weighted by atomic mass is 10.1. The van der Waals surface area contributed by atoms with Crippen molar-refractivity contribution in [1.82, 2.24) is 30.2 Å². The minimum Gasteiger partial charge on any atom is -0.383 e. The second-order valence-corrected chi connectivity index (χ2v) is 8.79. The molecule has 28 heavy (non-hydrogen) atoms. The van der Waals surface area contributed by atoms with Crippen LogP contribution in [0.25, 0.3) is 15.9 Å². The number of para-hydroxylation sites is 1. The molecule has 0 saturated carbocycles. The minimum atomic E-state index is 0.565. The van der Waals surface area contributed by atoms with Gasteiger partial charge in [0.2, 0.25) is 5.16 Å². The van der Waals surface area contributed by atoms with Gasteiger partial charge in [0, 0.05) is 4.88 Å². The largest absolute Gasteiger partial charge is 0.383 e. The number of anilines is 1. The standard InChI is InChI=1S/C19H19N7S2/c20-17-16-13-9-5-2-6-10-14(13)28-18(16)22-15(21-17)11-27-19-23-24-25-26(19)12-7-3-1-4-8-12/h1,3-4,7-8H,2,5-6,9-11H2,(H2,20,21,22). The molecular formula is C19H19N7S2. The average molecular weight is 410 g/mol. The van der Waals surface area contributed by atoms with Crippen LogP contribution in [0.4, 0.5) is 5.82 Å². The van der Waals surface area contributed by atoms with Crippen LogP contribution in [-0.4, -0.2) is 30.2 Å². The fourth-order valence-corrected chi connectivity index (χ4v) is 5.64. The number of rotatable bonds is 4. The molecule has 0 amide bonds. The average Bonchev–Trinajstić information content (AvgIpc) is 3.25. The Morgan fingerprint density at radius 1 is 1.07 bits per heavy atom. The summed E-state index contributed by atoms with van der Waals surface area (Å²) < 4.78 is 1.72. The molecule has 1 aromatic carbocycles. The molecule has 142 valence electrons. The maximum Gasteiger partial charge on any atom is 0.214 e.